The molecule has 1 aromatic carbocycles. The van der Waals surface area contributed by atoms with Crippen molar-refractivity contribution in [2.75, 3.05) is 0 Å². The molecule has 1 heterocycles. The fourth-order valence-electron chi connectivity index (χ4n) is 2.69. The van der Waals surface area contributed by atoms with Crippen molar-refractivity contribution in [1.82, 2.24) is 0 Å². The van der Waals surface area contributed by atoms with E-state index in [4.69, 9.17) is 22.3 Å². The van der Waals surface area contributed by atoms with Crippen molar-refractivity contribution in [1.29, 1.82) is 10.8 Å². The van der Waals surface area contributed by atoms with Gasteiger partial charge in [-0.25, -0.2) is 4.70 Å². The number of nitrogen functional groups attached to an aromatic ring is 2. The molecule has 1 aliphatic carbocycles. The molecule has 2 aliphatic rings. The summed E-state index contributed by atoms with van der Waals surface area (Å²) in [5.41, 5.74) is 24.6. The molecule has 0 radical (unpaired) electrons. The molecular weight excluding hydrogens is 276 g/mol. The number of nitrogens with zero attached hydrogens (tertiary/aromatic N) is 2. The van der Waals surface area contributed by atoms with Crippen molar-refractivity contribution in [2.45, 2.75) is 18.8 Å². The van der Waals surface area contributed by atoms with Crippen molar-refractivity contribution < 1.29 is 4.70 Å². The summed E-state index contributed by atoms with van der Waals surface area (Å²) in [6.07, 6.45) is 1.79. The first-order valence-electron chi connectivity index (χ1n) is 6.05. The van der Waals surface area contributed by atoms with Gasteiger partial charge in [-0.2, -0.15) is 0 Å². The molecule has 0 spiro atoms. The van der Waals surface area contributed by atoms with Crippen LogP contribution in [0, 0.1) is 10.8 Å². The predicted octanol–water partition coefficient (Wildman–Crippen LogP) is 1.81. The van der Waals surface area contributed by atoms with Crippen LogP contribution in [0.2, 0.25) is 0 Å². The van der Waals surface area contributed by atoms with Crippen molar-refractivity contribution in [3.05, 3.63) is 51.8 Å². The molecule has 7 heteroatoms. The van der Waals surface area contributed by atoms with Gasteiger partial charge >= 0.3 is 0 Å². The molecule has 20 heavy (non-hydrogen) atoms. The molecule has 3 rings (SSSR count). The second-order valence-corrected chi connectivity index (χ2v) is 4.91. The Hall–Kier alpha value is -2.21. The number of hydrogen-bond acceptors (Lipinski definition) is 2. The first-order valence-corrected chi connectivity index (χ1v) is 6.05. The summed E-state index contributed by atoms with van der Waals surface area (Å²) in [5, 5.41) is 15.1. The van der Waals surface area contributed by atoms with Crippen LogP contribution in [0.25, 0.3) is 5.53 Å². The number of halogens is 1. The van der Waals surface area contributed by atoms with E-state index in [0.29, 0.717) is 11.1 Å². The smallest absolute Gasteiger partial charge is 0.250 e. The Labute approximate surface area is 122 Å². The van der Waals surface area contributed by atoms with Crippen LogP contribution in [0.3, 0.4) is 0 Å². The standard InChI is InChI=1S/C13H14N6.ClH/c14-12(15)7-3-6(4-8(5-7)13(16)17)9-1-2-10-11(9)19(10)18;/h3-5,9H,1-2H2,(H3,14,15)(H3,16,17);1H. The minimum atomic E-state index is -0.0480. The van der Waals surface area contributed by atoms with E-state index >= 15 is 0 Å². The van der Waals surface area contributed by atoms with Crippen LogP contribution in [0.5, 0.6) is 0 Å². The van der Waals surface area contributed by atoms with E-state index in [-0.39, 0.29) is 30.0 Å². The number of amidine groups is 2. The third-order valence-electron chi connectivity index (χ3n) is 3.71. The largest absolute Gasteiger partial charge is 0.494 e. The van der Waals surface area contributed by atoms with E-state index in [1.165, 1.54) is 4.70 Å². The Balaban J connectivity index is 0.00000147. The molecule has 0 saturated heterocycles. The van der Waals surface area contributed by atoms with Crippen molar-refractivity contribution in [2.24, 2.45) is 11.5 Å². The van der Waals surface area contributed by atoms with E-state index in [1.54, 1.807) is 6.07 Å². The average molecular weight is 291 g/mol. The number of nitrogens with two attached hydrogens (primary N) is 2. The van der Waals surface area contributed by atoms with Gasteiger partial charge < -0.3 is 17.0 Å². The van der Waals surface area contributed by atoms with Gasteiger partial charge in [-0.3, -0.25) is 10.8 Å². The number of rotatable bonds is 3. The first kappa shape index (κ1) is 14.2. The highest BCUT2D eigenvalue weighted by molar-refractivity contribution is 6.00. The van der Waals surface area contributed by atoms with Crippen LogP contribution in [0.1, 0.15) is 35.4 Å². The number of allylic oxidation sites excluding steroid dienone is 2. The van der Waals surface area contributed by atoms with Gasteiger partial charge in [-0.15, -0.1) is 12.4 Å². The molecule has 1 aliphatic heterocycles. The molecule has 104 valence electrons. The number of nitrogens with one attached hydrogen (secondary N) is 2. The topological polar surface area (TPSA) is 125 Å². The molecule has 0 fully saturated rings. The summed E-state index contributed by atoms with van der Waals surface area (Å²) in [7, 11) is 0. The summed E-state index contributed by atoms with van der Waals surface area (Å²) in [6, 6.07) is 5.31. The zero-order chi connectivity index (χ0) is 13.7. The zero-order valence-electron chi connectivity index (χ0n) is 10.7. The van der Waals surface area contributed by atoms with Crippen molar-refractivity contribution in [3.8, 4) is 0 Å². The SMILES string of the molecule is Cl.[N-]=[N+]1C2=C1C(c1cc(C(=N)N)cc(C(=N)N)c1)CC2. The lowest BCUT2D eigenvalue weighted by Gasteiger charge is -2.13. The lowest BCUT2D eigenvalue weighted by atomic mass is 9.92. The molecule has 0 bridgehead atoms. The van der Waals surface area contributed by atoms with Crippen LogP contribution >= 0.6 is 12.4 Å². The highest BCUT2D eigenvalue weighted by atomic mass is 35.5. The maximum atomic E-state index is 9.56. The zero-order valence-corrected chi connectivity index (χ0v) is 11.5. The summed E-state index contributed by atoms with van der Waals surface area (Å²) in [5.74, 6) is 0.0128. The average Bonchev–Trinajstić information content (AvgIpc) is 2.84. The highest BCUT2D eigenvalue weighted by Gasteiger charge is 2.49. The number of piperidine rings is 1. The van der Waals surface area contributed by atoms with E-state index in [1.807, 2.05) is 12.1 Å². The van der Waals surface area contributed by atoms with Crippen LogP contribution in [-0.2, 0) is 0 Å². The van der Waals surface area contributed by atoms with Crippen LogP contribution in [-0.4, -0.2) is 16.4 Å². The van der Waals surface area contributed by atoms with Gasteiger partial charge in [0.15, 0.2) is 0 Å². The van der Waals surface area contributed by atoms with Gasteiger partial charge in [-0.05, 0) is 30.2 Å². The third-order valence-corrected chi connectivity index (χ3v) is 3.71. The maximum absolute atomic E-state index is 9.56. The normalized spacial score (nSPS) is 19.4. The predicted molar refractivity (Wildman–Crippen MR) is 78.3 cm³/mol. The molecule has 0 aromatic heterocycles. The summed E-state index contributed by atoms with van der Waals surface area (Å²) in [6.45, 7) is 0. The van der Waals surface area contributed by atoms with Gasteiger partial charge in [0.05, 0.1) is 5.92 Å². The lowest BCUT2D eigenvalue weighted by molar-refractivity contribution is -0.362. The fraction of sp³-hybridized carbons (Fsp3) is 0.231. The van der Waals surface area contributed by atoms with Gasteiger partial charge in [-0.1, -0.05) is 0 Å². The minimum Gasteiger partial charge on any atom is -0.494 e. The van der Waals surface area contributed by atoms with E-state index in [0.717, 1.165) is 29.8 Å². The minimum absolute atomic E-state index is 0. The number of benzene rings is 1. The molecule has 6 N–H and O–H groups in total. The highest BCUT2D eigenvalue weighted by Crippen LogP contribution is 2.50. The maximum Gasteiger partial charge on any atom is 0.250 e. The third kappa shape index (κ3) is 2.08. The lowest BCUT2D eigenvalue weighted by Crippen LogP contribution is -2.17. The first-order chi connectivity index (χ1) is 8.99. The molecule has 1 unspecified atom stereocenters. The van der Waals surface area contributed by atoms with Gasteiger partial charge in [0.2, 0.25) is 5.70 Å². The Morgan fingerprint density at radius 1 is 1.15 bits per heavy atom. The van der Waals surface area contributed by atoms with Gasteiger partial charge in [0.25, 0.3) is 5.70 Å². The quantitative estimate of drug-likeness (QED) is 0.385. The Morgan fingerprint density at radius 3 is 2.10 bits per heavy atom. The summed E-state index contributed by atoms with van der Waals surface area (Å²) < 4.78 is 1.22. The Bertz CT molecular complexity index is 643. The van der Waals surface area contributed by atoms with Crippen molar-refractivity contribution >= 4 is 24.1 Å². The monoisotopic (exact) mass is 290 g/mol. The summed E-state index contributed by atoms with van der Waals surface area (Å²) in [4.78, 5) is 0. The van der Waals surface area contributed by atoms with E-state index in [9.17, 15) is 5.53 Å². The van der Waals surface area contributed by atoms with Crippen LogP contribution in [0.15, 0.2) is 29.6 Å². The molecule has 6 nitrogen and oxygen atoms in total. The molecule has 1 atom stereocenters. The Kier molecular flexibility index (Phi) is 3.35. The van der Waals surface area contributed by atoms with Crippen LogP contribution in [0.4, 0.5) is 0 Å². The molecule has 0 amide bonds. The molecule has 0 saturated carbocycles. The van der Waals surface area contributed by atoms with E-state index < -0.39 is 0 Å². The Morgan fingerprint density at radius 2 is 1.70 bits per heavy atom. The molecular formula is C13H15ClN6. The number of hydrogen-bond donors (Lipinski definition) is 4. The van der Waals surface area contributed by atoms with Gasteiger partial charge in [0.1, 0.15) is 11.7 Å². The van der Waals surface area contributed by atoms with E-state index in [2.05, 4.69) is 0 Å². The van der Waals surface area contributed by atoms with Crippen LogP contribution < -0.4 is 11.5 Å². The second-order valence-electron chi connectivity index (χ2n) is 4.91. The summed E-state index contributed by atoms with van der Waals surface area (Å²) >= 11 is 0. The fourth-order valence-corrected chi connectivity index (χ4v) is 2.69. The van der Waals surface area contributed by atoms with Gasteiger partial charge in [0, 0.05) is 17.5 Å². The molecule has 1 aromatic rings. The second kappa shape index (κ2) is 4.72. The van der Waals surface area contributed by atoms with Crippen molar-refractivity contribution in [3.63, 3.8) is 0 Å².